The van der Waals surface area contributed by atoms with Gasteiger partial charge in [0.15, 0.2) is 5.96 Å². The summed E-state index contributed by atoms with van der Waals surface area (Å²) in [7, 11) is -1.49. The van der Waals surface area contributed by atoms with Crippen molar-refractivity contribution in [1.82, 2.24) is 14.5 Å². The maximum Gasteiger partial charge on any atom is 0.243 e. The van der Waals surface area contributed by atoms with Crippen molar-refractivity contribution in [2.45, 2.75) is 56.3 Å². The van der Waals surface area contributed by atoms with E-state index in [0.717, 1.165) is 38.4 Å². The molecule has 0 atom stereocenters. The van der Waals surface area contributed by atoms with Crippen molar-refractivity contribution in [3.05, 3.63) is 30.3 Å². The van der Waals surface area contributed by atoms with E-state index < -0.39 is 10.0 Å². The average molecular weight is 433 g/mol. The van der Waals surface area contributed by atoms with Crippen LogP contribution in [-0.4, -0.2) is 63.4 Å². The Kier molecular flexibility index (Phi) is 6.68. The lowest BCUT2D eigenvalue weighted by Crippen LogP contribution is -2.45. The molecule has 2 aliphatic heterocycles. The lowest BCUT2D eigenvalue weighted by molar-refractivity contribution is 0.203. The van der Waals surface area contributed by atoms with Gasteiger partial charge in [0.05, 0.1) is 4.90 Å². The fraction of sp³-hybridized carbons (Fsp3) is 0.696. The molecule has 1 saturated carbocycles. The van der Waals surface area contributed by atoms with Crippen molar-refractivity contribution in [3.8, 4) is 0 Å². The molecule has 7 heteroatoms. The zero-order valence-electron chi connectivity index (χ0n) is 18.2. The normalized spacial score (nSPS) is 23.8. The molecule has 1 aromatic rings. The molecule has 0 amide bonds. The highest BCUT2D eigenvalue weighted by atomic mass is 32.2. The molecule has 1 spiro atoms. The molecule has 0 aromatic heterocycles. The fourth-order valence-electron chi connectivity index (χ4n) is 5.49. The molecule has 0 radical (unpaired) electrons. The predicted octanol–water partition coefficient (Wildman–Crippen LogP) is 3.32. The number of hydrogen-bond acceptors (Lipinski definition) is 3. The van der Waals surface area contributed by atoms with Gasteiger partial charge in [-0.25, -0.2) is 8.42 Å². The van der Waals surface area contributed by atoms with Gasteiger partial charge in [-0.05, 0) is 55.6 Å². The quantitative estimate of drug-likeness (QED) is 0.586. The lowest BCUT2D eigenvalue weighted by Gasteiger charge is -2.34. The van der Waals surface area contributed by atoms with Crippen LogP contribution < -0.4 is 5.32 Å². The molecule has 1 N–H and O–H groups in total. The van der Waals surface area contributed by atoms with Crippen LogP contribution in [0.3, 0.4) is 0 Å². The minimum Gasteiger partial charge on any atom is -0.356 e. The molecule has 2 saturated heterocycles. The summed E-state index contributed by atoms with van der Waals surface area (Å²) in [6.45, 7) is 4.30. The number of guanidine groups is 1. The topological polar surface area (TPSA) is 65.0 Å². The second kappa shape index (κ2) is 9.27. The van der Waals surface area contributed by atoms with Crippen LogP contribution in [-0.2, 0) is 10.0 Å². The van der Waals surface area contributed by atoms with Crippen LogP contribution in [0.5, 0.6) is 0 Å². The zero-order chi connectivity index (χ0) is 21.0. The van der Waals surface area contributed by atoms with Gasteiger partial charge in [-0.2, -0.15) is 4.31 Å². The van der Waals surface area contributed by atoms with Crippen LogP contribution in [0.1, 0.15) is 51.4 Å². The number of sulfonamides is 1. The minimum absolute atomic E-state index is 0.396. The molecule has 1 aliphatic carbocycles. The highest BCUT2D eigenvalue weighted by Crippen LogP contribution is 2.43. The third-order valence-electron chi connectivity index (χ3n) is 7.37. The summed E-state index contributed by atoms with van der Waals surface area (Å²) in [6, 6.07) is 8.78. The number of piperidine rings is 1. The minimum atomic E-state index is -3.37. The Labute approximate surface area is 181 Å². The molecule has 3 fully saturated rings. The molecule has 6 nitrogen and oxygen atoms in total. The first kappa shape index (κ1) is 21.6. The highest BCUT2D eigenvalue weighted by Gasteiger charge is 2.40. The smallest absolute Gasteiger partial charge is 0.243 e. The number of nitrogens with zero attached hydrogens (tertiary/aromatic N) is 3. The van der Waals surface area contributed by atoms with E-state index in [1.807, 2.05) is 13.1 Å². The monoisotopic (exact) mass is 432 g/mol. The summed E-state index contributed by atoms with van der Waals surface area (Å²) in [5.41, 5.74) is 0.521. The Balaban J connectivity index is 1.26. The van der Waals surface area contributed by atoms with E-state index in [0.29, 0.717) is 29.3 Å². The van der Waals surface area contributed by atoms with E-state index in [1.165, 1.54) is 38.5 Å². The maximum atomic E-state index is 12.8. The van der Waals surface area contributed by atoms with E-state index in [2.05, 4.69) is 15.2 Å². The van der Waals surface area contributed by atoms with Crippen LogP contribution in [0, 0.1) is 11.3 Å². The summed E-state index contributed by atoms with van der Waals surface area (Å²) in [6.07, 6.45) is 9.97. The third-order valence-corrected chi connectivity index (χ3v) is 9.28. The Bertz CT molecular complexity index is 826. The molecular formula is C23H36N4O2S. The summed E-state index contributed by atoms with van der Waals surface area (Å²) >= 11 is 0. The second-order valence-corrected chi connectivity index (χ2v) is 11.3. The van der Waals surface area contributed by atoms with Gasteiger partial charge in [0, 0.05) is 39.8 Å². The molecule has 2 heterocycles. The number of likely N-dealkylation sites (tertiary alicyclic amines) is 1. The molecule has 1 aromatic carbocycles. The second-order valence-electron chi connectivity index (χ2n) is 9.32. The van der Waals surface area contributed by atoms with Gasteiger partial charge in [0.2, 0.25) is 10.0 Å². The van der Waals surface area contributed by atoms with Crippen LogP contribution in [0.25, 0.3) is 0 Å². The van der Waals surface area contributed by atoms with Gasteiger partial charge in [-0.15, -0.1) is 0 Å². The highest BCUT2D eigenvalue weighted by molar-refractivity contribution is 7.89. The average Bonchev–Trinajstić information content (AvgIpc) is 3.18. The molecule has 166 valence electrons. The van der Waals surface area contributed by atoms with Gasteiger partial charge in [0.1, 0.15) is 0 Å². The van der Waals surface area contributed by atoms with Crippen LogP contribution >= 0.6 is 0 Å². The first-order valence-electron chi connectivity index (χ1n) is 11.5. The van der Waals surface area contributed by atoms with Crippen molar-refractivity contribution >= 4 is 16.0 Å². The predicted molar refractivity (Wildman–Crippen MR) is 121 cm³/mol. The van der Waals surface area contributed by atoms with E-state index in [9.17, 15) is 8.42 Å². The van der Waals surface area contributed by atoms with Crippen molar-refractivity contribution in [2.24, 2.45) is 16.3 Å². The van der Waals surface area contributed by atoms with Crippen molar-refractivity contribution in [1.29, 1.82) is 0 Å². The summed E-state index contributed by atoms with van der Waals surface area (Å²) in [5.74, 6) is 1.51. The number of aliphatic imine (C=N–C) groups is 1. The third kappa shape index (κ3) is 4.67. The summed E-state index contributed by atoms with van der Waals surface area (Å²) in [4.78, 5) is 7.39. The van der Waals surface area contributed by atoms with Crippen molar-refractivity contribution < 1.29 is 8.42 Å². The fourth-order valence-corrected chi connectivity index (χ4v) is 6.98. The lowest BCUT2D eigenvalue weighted by atomic mass is 9.73. The first-order chi connectivity index (χ1) is 14.5. The Morgan fingerprint density at radius 1 is 1.07 bits per heavy atom. The molecule has 30 heavy (non-hydrogen) atoms. The van der Waals surface area contributed by atoms with Crippen molar-refractivity contribution in [3.63, 3.8) is 0 Å². The molecular weight excluding hydrogens is 396 g/mol. The molecule has 0 unspecified atom stereocenters. The molecule has 3 aliphatic rings. The van der Waals surface area contributed by atoms with Crippen molar-refractivity contribution in [2.75, 3.05) is 39.8 Å². The molecule has 4 rings (SSSR count). The van der Waals surface area contributed by atoms with E-state index >= 15 is 0 Å². The van der Waals surface area contributed by atoms with E-state index in [-0.39, 0.29) is 0 Å². The zero-order valence-corrected chi connectivity index (χ0v) is 19.0. The number of rotatable bonds is 4. The van der Waals surface area contributed by atoms with Gasteiger partial charge in [-0.1, -0.05) is 37.5 Å². The van der Waals surface area contributed by atoms with Gasteiger partial charge in [-0.3, -0.25) is 4.99 Å². The Morgan fingerprint density at radius 2 is 1.77 bits per heavy atom. The maximum absolute atomic E-state index is 12.8. The van der Waals surface area contributed by atoms with Gasteiger partial charge >= 0.3 is 0 Å². The van der Waals surface area contributed by atoms with Gasteiger partial charge in [0.25, 0.3) is 0 Å². The summed E-state index contributed by atoms with van der Waals surface area (Å²) < 4.78 is 27.3. The number of nitrogens with one attached hydrogen (secondary N) is 1. The molecule has 0 bridgehead atoms. The number of hydrogen-bond donors (Lipinski definition) is 1. The van der Waals surface area contributed by atoms with Crippen LogP contribution in [0.15, 0.2) is 40.2 Å². The first-order valence-corrected chi connectivity index (χ1v) is 13.0. The Morgan fingerprint density at radius 3 is 2.43 bits per heavy atom. The standard InChI is InChI=1S/C23H36N4O2S/c1-24-22(26-17-14-23(19-26)12-6-3-7-13-23)25-18-20-10-15-27(16-11-20)30(28,29)21-8-4-2-5-9-21/h2,4-5,8-9,20H,3,6-7,10-19H2,1H3,(H,24,25). The van der Waals surface area contributed by atoms with Gasteiger partial charge < -0.3 is 10.2 Å². The van der Waals surface area contributed by atoms with E-state index in [4.69, 9.17) is 0 Å². The van der Waals surface area contributed by atoms with Crippen LogP contribution in [0.2, 0.25) is 0 Å². The Hall–Kier alpha value is -1.60. The SMILES string of the molecule is CN=C(NCC1CCN(S(=O)(=O)c2ccccc2)CC1)N1CCC2(CCCCC2)C1. The summed E-state index contributed by atoms with van der Waals surface area (Å²) in [5, 5.41) is 3.60. The van der Waals surface area contributed by atoms with Crippen LogP contribution in [0.4, 0.5) is 0 Å². The number of benzene rings is 1. The van der Waals surface area contributed by atoms with E-state index in [1.54, 1.807) is 28.6 Å². The largest absolute Gasteiger partial charge is 0.356 e.